The molecule has 1 aromatic carbocycles. The van der Waals surface area contributed by atoms with E-state index in [9.17, 15) is 0 Å². The smallest absolute Gasteiger partial charge is 0.123 e. The molecule has 3 rings (SSSR count). The van der Waals surface area contributed by atoms with Gasteiger partial charge in [0.15, 0.2) is 0 Å². The minimum absolute atomic E-state index is 0.794. The summed E-state index contributed by atoms with van der Waals surface area (Å²) in [6.07, 6.45) is 2.41. The molecule has 20 heavy (non-hydrogen) atoms. The number of rotatable bonds is 4. The Morgan fingerprint density at radius 1 is 1.30 bits per heavy atom. The van der Waals surface area contributed by atoms with Crippen molar-refractivity contribution in [1.29, 1.82) is 0 Å². The van der Waals surface area contributed by atoms with Gasteiger partial charge in [0.05, 0.1) is 13.1 Å². The van der Waals surface area contributed by atoms with Crippen LogP contribution in [0.4, 0.5) is 5.69 Å². The summed E-state index contributed by atoms with van der Waals surface area (Å²) in [7, 11) is 1.95. The summed E-state index contributed by atoms with van der Waals surface area (Å²) in [5.74, 6) is 2.11. The normalized spacial score (nSPS) is 14.4. The Morgan fingerprint density at radius 3 is 3.00 bits per heavy atom. The van der Waals surface area contributed by atoms with Gasteiger partial charge < -0.3 is 14.6 Å². The maximum Gasteiger partial charge on any atom is 0.123 e. The van der Waals surface area contributed by atoms with Crippen molar-refractivity contribution in [2.24, 2.45) is 0 Å². The van der Waals surface area contributed by atoms with Gasteiger partial charge in [0.25, 0.3) is 0 Å². The van der Waals surface area contributed by atoms with Gasteiger partial charge in [-0.15, -0.1) is 0 Å². The molecule has 3 nitrogen and oxygen atoms in total. The minimum Gasteiger partial charge on any atom is -0.463 e. The first kappa shape index (κ1) is 13.3. The molecule has 3 heteroatoms. The lowest BCUT2D eigenvalue weighted by Gasteiger charge is -2.30. The van der Waals surface area contributed by atoms with Gasteiger partial charge in [0.2, 0.25) is 0 Å². The van der Waals surface area contributed by atoms with Crippen molar-refractivity contribution in [2.75, 3.05) is 18.5 Å². The highest BCUT2D eigenvalue weighted by Gasteiger charge is 2.18. The predicted octanol–water partition coefficient (Wildman–Crippen LogP) is 3.26. The molecule has 0 fully saturated rings. The van der Waals surface area contributed by atoms with Crippen molar-refractivity contribution < 1.29 is 4.42 Å². The van der Waals surface area contributed by atoms with Gasteiger partial charge in [-0.25, -0.2) is 0 Å². The van der Waals surface area contributed by atoms with E-state index in [1.54, 1.807) is 0 Å². The first-order valence-corrected chi connectivity index (χ1v) is 7.33. The number of fused-ring (bicyclic) bond motifs is 1. The van der Waals surface area contributed by atoms with Crippen LogP contribution in [0, 0.1) is 6.92 Å². The van der Waals surface area contributed by atoms with E-state index in [1.807, 2.05) is 7.05 Å². The van der Waals surface area contributed by atoms with Gasteiger partial charge in [0.1, 0.15) is 11.5 Å². The molecule has 0 amide bonds. The lowest BCUT2D eigenvalue weighted by Crippen LogP contribution is -2.28. The van der Waals surface area contributed by atoms with Crippen LogP contribution in [0.3, 0.4) is 0 Å². The van der Waals surface area contributed by atoms with E-state index in [2.05, 4.69) is 47.5 Å². The molecule has 106 valence electrons. The molecule has 1 N–H and O–H groups in total. The molecule has 0 spiro atoms. The molecule has 1 aliphatic heterocycles. The van der Waals surface area contributed by atoms with Crippen molar-refractivity contribution in [2.45, 2.75) is 32.9 Å². The Labute approximate surface area is 120 Å². The van der Waals surface area contributed by atoms with Crippen LogP contribution in [0.1, 0.15) is 29.1 Å². The lowest BCUT2D eigenvalue weighted by molar-refractivity contribution is 0.446. The molecular formula is C17H22N2O. The van der Waals surface area contributed by atoms with Gasteiger partial charge in [-0.2, -0.15) is 0 Å². The van der Waals surface area contributed by atoms with Crippen molar-refractivity contribution in [1.82, 2.24) is 5.32 Å². The van der Waals surface area contributed by atoms with Gasteiger partial charge in [-0.3, -0.25) is 0 Å². The topological polar surface area (TPSA) is 28.4 Å². The summed E-state index contributed by atoms with van der Waals surface area (Å²) in [6, 6.07) is 10.9. The van der Waals surface area contributed by atoms with Crippen molar-refractivity contribution in [3.63, 3.8) is 0 Å². The van der Waals surface area contributed by atoms with E-state index in [0.29, 0.717) is 0 Å². The molecule has 1 aromatic heterocycles. The molecule has 0 bridgehead atoms. The monoisotopic (exact) mass is 270 g/mol. The summed E-state index contributed by atoms with van der Waals surface area (Å²) in [6.45, 7) is 4.88. The van der Waals surface area contributed by atoms with Crippen LogP contribution < -0.4 is 10.2 Å². The van der Waals surface area contributed by atoms with Gasteiger partial charge >= 0.3 is 0 Å². The Kier molecular flexibility index (Phi) is 3.79. The number of hydrogen-bond donors (Lipinski definition) is 1. The summed E-state index contributed by atoms with van der Waals surface area (Å²) < 4.78 is 5.97. The number of para-hydroxylation sites is 1. The lowest BCUT2D eigenvalue weighted by atomic mass is 10.0. The molecular weight excluding hydrogens is 248 g/mol. The zero-order chi connectivity index (χ0) is 13.9. The van der Waals surface area contributed by atoms with Crippen LogP contribution in [0.2, 0.25) is 0 Å². The summed E-state index contributed by atoms with van der Waals surface area (Å²) in [4.78, 5) is 2.43. The highest BCUT2D eigenvalue weighted by atomic mass is 16.3. The molecule has 0 unspecified atom stereocenters. The van der Waals surface area contributed by atoms with Crippen LogP contribution in [0.15, 0.2) is 34.7 Å². The standard InChI is InChI=1S/C17H22N2O/c1-13-10-15(20-17(13)11-18-2)12-19-9-5-7-14-6-3-4-8-16(14)19/h3-4,6,8,10,18H,5,7,9,11-12H2,1-2H3. The summed E-state index contributed by atoms with van der Waals surface area (Å²) >= 11 is 0. The van der Waals surface area contributed by atoms with Gasteiger partial charge in [-0.05, 0) is 50.1 Å². The predicted molar refractivity (Wildman–Crippen MR) is 82.0 cm³/mol. The highest BCUT2D eigenvalue weighted by Crippen LogP contribution is 2.28. The third-order valence-corrected chi connectivity index (χ3v) is 3.96. The van der Waals surface area contributed by atoms with E-state index in [4.69, 9.17) is 4.42 Å². The third-order valence-electron chi connectivity index (χ3n) is 3.96. The number of nitrogens with zero attached hydrogens (tertiary/aromatic N) is 1. The van der Waals surface area contributed by atoms with E-state index >= 15 is 0 Å². The Balaban J connectivity index is 1.80. The summed E-state index contributed by atoms with van der Waals surface area (Å²) in [5.41, 5.74) is 4.06. The van der Waals surface area contributed by atoms with E-state index < -0.39 is 0 Å². The molecule has 1 aliphatic rings. The number of benzene rings is 1. The Bertz CT molecular complexity index is 588. The zero-order valence-electron chi connectivity index (χ0n) is 12.3. The van der Waals surface area contributed by atoms with Crippen LogP contribution in [-0.2, 0) is 19.5 Å². The summed E-state index contributed by atoms with van der Waals surface area (Å²) in [5, 5.41) is 3.15. The van der Waals surface area contributed by atoms with Crippen LogP contribution >= 0.6 is 0 Å². The van der Waals surface area contributed by atoms with Crippen molar-refractivity contribution in [3.8, 4) is 0 Å². The van der Waals surface area contributed by atoms with Crippen LogP contribution in [0.25, 0.3) is 0 Å². The van der Waals surface area contributed by atoms with E-state index in [1.165, 1.54) is 29.7 Å². The number of hydrogen-bond acceptors (Lipinski definition) is 3. The second kappa shape index (κ2) is 5.71. The van der Waals surface area contributed by atoms with Crippen molar-refractivity contribution in [3.05, 3.63) is 53.0 Å². The molecule has 0 aliphatic carbocycles. The Morgan fingerprint density at radius 2 is 2.15 bits per heavy atom. The van der Waals surface area contributed by atoms with Crippen LogP contribution in [-0.4, -0.2) is 13.6 Å². The molecule has 0 radical (unpaired) electrons. The maximum absolute atomic E-state index is 5.97. The van der Waals surface area contributed by atoms with E-state index in [-0.39, 0.29) is 0 Å². The third kappa shape index (κ3) is 2.59. The number of nitrogens with one attached hydrogen (secondary N) is 1. The maximum atomic E-state index is 5.97. The quantitative estimate of drug-likeness (QED) is 0.924. The molecule has 2 heterocycles. The minimum atomic E-state index is 0.794. The van der Waals surface area contributed by atoms with Crippen molar-refractivity contribution >= 4 is 5.69 Å². The first-order chi connectivity index (χ1) is 9.78. The largest absolute Gasteiger partial charge is 0.463 e. The fourth-order valence-corrected chi connectivity index (χ4v) is 2.97. The zero-order valence-corrected chi connectivity index (χ0v) is 12.3. The number of aryl methyl sites for hydroxylation is 2. The molecule has 0 saturated heterocycles. The van der Waals surface area contributed by atoms with Gasteiger partial charge in [0, 0.05) is 12.2 Å². The second-order valence-electron chi connectivity index (χ2n) is 5.50. The molecule has 0 atom stereocenters. The van der Waals surface area contributed by atoms with E-state index in [0.717, 1.165) is 31.2 Å². The fourth-order valence-electron chi connectivity index (χ4n) is 2.97. The average Bonchev–Trinajstić information content (AvgIpc) is 2.80. The SMILES string of the molecule is CNCc1oc(CN2CCCc3ccccc32)cc1C. The average molecular weight is 270 g/mol. The van der Waals surface area contributed by atoms with Gasteiger partial charge in [-0.1, -0.05) is 18.2 Å². The first-order valence-electron chi connectivity index (χ1n) is 7.33. The second-order valence-corrected chi connectivity index (χ2v) is 5.50. The molecule has 0 saturated carbocycles. The van der Waals surface area contributed by atoms with Crippen LogP contribution in [0.5, 0.6) is 0 Å². The number of anilines is 1. The highest BCUT2D eigenvalue weighted by molar-refractivity contribution is 5.55. The Hall–Kier alpha value is -1.74. The fraction of sp³-hybridized carbons (Fsp3) is 0.412. The number of furan rings is 1. The molecule has 2 aromatic rings.